The zero-order chi connectivity index (χ0) is 37.7. The second-order valence-corrected chi connectivity index (χ2v) is 8.60. The van der Waals surface area contributed by atoms with E-state index < -0.39 is 11.9 Å². The number of carbonyl (C=O) groups excluding carboxylic acids is 2. The summed E-state index contributed by atoms with van der Waals surface area (Å²) in [5.74, 6) is -1.08. The van der Waals surface area contributed by atoms with Gasteiger partial charge in [0.25, 0.3) is 0 Å². The molecule has 8 rings (SSSR count). The van der Waals surface area contributed by atoms with Crippen LogP contribution in [0, 0.1) is 0 Å². The van der Waals surface area contributed by atoms with Crippen molar-refractivity contribution < 1.29 is 45.8 Å². The number of hydrogen-bond acceptors (Lipinski definition) is 12. The van der Waals surface area contributed by atoms with Gasteiger partial charge in [0, 0.05) is 74.4 Å². The standard InChI is InChI=1S/2C8H8O3.6C3H4N2.Ni/c2*1-11-7-4-2-6(3-5-7)8(9)10;6*1-2-5-3-4-1;/h2*2-5H,1H3,(H,9,10);6*1-3H,(H,4,5);/q;;;;;;;;+2/p-2. The molecule has 6 N–H and O–H groups in total. The van der Waals surface area contributed by atoms with Gasteiger partial charge in [-0.2, -0.15) is 0 Å². The van der Waals surface area contributed by atoms with E-state index in [9.17, 15) is 19.8 Å². The Labute approximate surface area is 314 Å². The number of aromatic amines is 6. The summed E-state index contributed by atoms with van der Waals surface area (Å²) in [6, 6.07) is 12.1. The molecule has 0 unspecified atom stereocenters. The van der Waals surface area contributed by atoms with Crippen molar-refractivity contribution in [3.63, 3.8) is 0 Å². The van der Waals surface area contributed by atoms with Crippen LogP contribution >= 0.6 is 0 Å². The monoisotopic (exact) mass is 768 g/mol. The molecule has 0 atom stereocenters. The Kier molecular flexibility index (Phi) is 28.7. The Morgan fingerprint density at radius 1 is 0.434 bits per heavy atom. The maximum absolute atomic E-state index is 10.2. The van der Waals surface area contributed by atoms with E-state index in [1.807, 2.05) is 0 Å². The Morgan fingerprint density at radius 3 is 0.736 bits per heavy atom. The predicted octanol–water partition coefficient (Wildman–Crippen LogP) is 2.57. The molecule has 6 aromatic heterocycles. The molecule has 0 amide bonds. The normalized spacial score (nSPS) is 8.34. The number of nitrogens with one attached hydrogen (secondary N) is 6. The van der Waals surface area contributed by atoms with Crippen molar-refractivity contribution in [2.45, 2.75) is 0 Å². The molecule has 2 aromatic carbocycles. The minimum Gasteiger partial charge on any atom is -0.545 e. The summed E-state index contributed by atoms with van der Waals surface area (Å²) in [6.07, 6.45) is 30.5. The van der Waals surface area contributed by atoms with Crippen LogP contribution in [0.5, 0.6) is 11.5 Å². The molecule has 0 fully saturated rings. The van der Waals surface area contributed by atoms with Crippen LogP contribution in [0.4, 0.5) is 0 Å². The van der Waals surface area contributed by atoms with Gasteiger partial charge in [-0.1, -0.05) is 0 Å². The van der Waals surface area contributed by atoms with Gasteiger partial charge in [-0.05, 0) is 59.7 Å². The van der Waals surface area contributed by atoms with E-state index in [0.29, 0.717) is 11.5 Å². The van der Waals surface area contributed by atoms with Crippen LogP contribution < -0.4 is 19.7 Å². The summed E-state index contributed by atoms with van der Waals surface area (Å²) in [5.41, 5.74) is 0.316. The second kappa shape index (κ2) is 33.2. The number of carboxylic acid groups (broad SMARTS) is 2. The number of aromatic nitrogens is 12. The molecule has 8 aromatic rings. The fourth-order valence-electron chi connectivity index (χ4n) is 2.75. The third kappa shape index (κ3) is 27.3. The van der Waals surface area contributed by atoms with E-state index in [1.165, 1.54) is 38.5 Å². The Hall–Kier alpha value is -7.27. The summed E-state index contributed by atoms with van der Waals surface area (Å²) < 4.78 is 9.67. The fraction of sp³-hybridized carbons (Fsp3) is 0.0588. The van der Waals surface area contributed by atoms with Crippen LogP contribution in [-0.4, -0.2) is 86.0 Å². The molecule has 19 heteroatoms. The van der Waals surface area contributed by atoms with Gasteiger partial charge in [-0.3, -0.25) is 0 Å². The first kappa shape index (κ1) is 45.7. The molecular formula is C34H38N12NiO6. The molecule has 0 saturated carbocycles. The molecule has 0 aliphatic heterocycles. The van der Waals surface area contributed by atoms with Crippen molar-refractivity contribution in [2.75, 3.05) is 14.2 Å². The van der Waals surface area contributed by atoms with Gasteiger partial charge in [-0.25, -0.2) is 29.9 Å². The van der Waals surface area contributed by atoms with Gasteiger partial charge >= 0.3 is 16.5 Å². The van der Waals surface area contributed by atoms with Crippen molar-refractivity contribution >= 4 is 11.9 Å². The van der Waals surface area contributed by atoms with E-state index in [4.69, 9.17) is 9.47 Å². The largest absolute Gasteiger partial charge is 2.00 e. The first-order chi connectivity index (χ1) is 25.5. The second-order valence-electron chi connectivity index (χ2n) is 8.60. The molecule has 280 valence electrons. The number of aromatic carboxylic acids is 2. The van der Waals surface area contributed by atoms with E-state index in [1.54, 1.807) is 137 Å². The third-order valence-electron chi connectivity index (χ3n) is 5.09. The molecule has 0 radical (unpaired) electrons. The minimum atomic E-state index is -1.17. The van der Waals surface area contributed by atoms with Gasteiger partial charge in [0.15, 0.2) is 0 Å². The maximum Gasteiger partial charge on any atom is 2.00 e. The van der Waals surface area contributed by atoms with Crippen LogP contribution in [0.2, 0.25) is 0 Å². The van der Waals surface area contributed by atoms with Crippen molar-refractivity contribution in [3.8, 4) is 11.5 Å². The van der Waals surface area contributed by atoms with Gasteiger partial charge in [0.05, 0.1) is 64.1 Å². The average Bonchev–Trinajstić information content (AvgIpc) is 4.07. The quantitative estimate of drug-likeness (QED) is 0.141. The number of methoxy groups -OCH3 is 2. The van der Waals surface area contributed by atoms with Crippen molar-refractivity contribution in [1.82, 2.24) is 59.8 Å². The van der Waals surface area contributed by atoms with Gasteiger partial charge in [0.1, 0.15) is 11.5 Å². The third-order valence-corrected chi connectivity index (χ3v) is 5.09. The van der Waals surface area contributed by atoms with Crippen molar-refractivity contribution in [3.05, 3.63) is 172 Å². The molecule has 0 aliphatic carbocycles. The molecule has 18 nitrogen and oxygen atoms in total. The van der Waals surface area contributed by atoms with Crippen LogP contribution in [0.15, 0.2) is 161 Å². The van der Waals surface area contributed by atoms with Crippen LogP contribution in [-0.2, 0) is 16.5 Å². The number of carbonyl (C=O) groups is 2. The van der Waals surface area contributed by atoms with Crippen molar-refractivity contribution in [2.24, 2.45) is 0 Å². The number of carboxylic acids is 2. The maximum atomic E-state index is 10.2. The number of benzene rings is 2. The van der Waals surface area contributed by atoms with Crippen LogP contribution in [0.3, 0.4) is 0 Å². The van der Waals surface area contributed by atoms with E-state index in [-0.39, 0.29) is 27.6 Å². The Balaban J connectivity index is 0.000000597. The summed E-state index contributed by atoms with van der Waals surface area (Å²) in [5, 5.41) is 20.5. The van der Waals surface area contributed by atoms with Crippen LogP contribution in [0.25, 0.3) is 0 Å². The first-order valence-electron chi connectivity index (χ1n) is 14.7. The number of hydrogen-bond donors (Lipinski definition) is 6. The summed E-state index contributed by atoms with van der Waals surface area (Å²) in [4.78, 5) is 59.0. The zero-order valence-electron chi connectivity index (χ0n) is 28.5. The SMILES string of the molecule is COc1ccc(C(=O)[O-])cc1.COc1ccc(C(=O)[O-])cc1.[Ni+2].c1c[nH]cn1.c1c[nH]cn1.c1c[nH]cn1.c1c[nH]cn1.c1c[nH]cn1.c1c[nH]cn1. The molecule has 0 bridgehead atoms. The van der Waals surface area contributed by atoms with Crippen LogP contribution in [0.1, 0.15) is 20.7 Å². The van der Waals surface area contributed by atoms with Gasteiger partial charge in [-0.15, -0.1) is 0 Å². The molecule has 0 spiro atoms. The molecule has 53 heavy (non-hydrogen) atoms. The number of imidazole rings is 6. The topological polar surface area (TPSA) is 271 Å². The first-order valence-corrected chi connectivity index (χ1v) is 14.7. The molecule has 6 heterocycles. The smallest absolute Gasteiger partial charge is 0.545 e. The summed E-state index contributed by atoms with van der Waals surface area (Å²) in [7, 11) is 3.04. The summed E-state index contributed by atoms with van der Waals surface area (Å²) >= 11 is 0. The Morgan fingerprint density at radius 2 is 0.642 bits per heavy atom. The zero-order valence-corrected chi connectivity index (χ0v) is 29.4. The number of nitrogens with zero attached hydrogens (tertiary/aromatic N) is 6. The number of ether oxygens (including phenoxy) is 2. The average molecular weight is 769 g/mol. The minimum absolute atomic E-state index is 0. The fourth-order valence-corrected chi connectivity index (χ4v) is 2.75. The summed E-state index contributed by atoms with van der Waals surface area (Å²) in [6.45, 7) is 0. The van der Waals surface area contributed by atoms with Gasteiger partial charge in [0.2, 0.25) is 0 Å². The molecule has 0 saturated heterocycles. The predicted molar refractivity (Wildman–Crippen MR) is 186 cm³/mol. The van der Waals surface area contributed by atoms with E-state index in [2.05, 4.69) is 59.8 Å². The van der Waals surface area contributed by atoms with E-state index in [0.717, 1.165) is 0 Å². The number of rotatable bonds is 4. The number of H-pyrrole nitrogens is 6. The van der Waals surface area contributed by atoms with Crippen molar-refractivity contribution in [1.29, 1.82) is 0 Å². The molecular weight excluding hydrogens is 731 g/mol. The Bertz CT molecular complexity index is 1420. The van der Waals surface area contributed by atoms with E-state index >= 15 is 0 Å². The van der Waals surface area contributed by atoms with Gasteiger partial charge < -0.3 is 59.2 Å². The molecule has 0 aliphatic rings.